The summed E-state index contributed by atoms with van der Waals surface area (Å²) in [4.78, 5) is 13.7. The van der Waals surface area contributed by atoms with Crippen LogP contribution in [0.3, 0.4) is 0 Å². The number of aryl methyl sites for hydroxylation is 2. The van der Waals surface area contributed by atoms with E-state index in [0.717, 1.165) is 11.1 Å². The van der Waals surface area contributed by atoms with Gasteiger partial charge in [-0.05, 0) is 49.2 Å². The van der Waals surface area contributed by atoms with Gasteiger partial charge >= 0.3 is 0 Å². The molecule has 0 aliphatic heterocycles. The summed E-state index contributed by atoms with van der Waals surface area (Å²) in [5.41, 5.74) is 1.89. The number of sulfonamides is 1. The lowest BCUT2D eigenvalue weighted by molar-refractivity contribution is -0.130. The van der Waals surface area contributed by atoms with Gasteiger partial charge in [0.15, 0.2) is 11.6 Å². The Hall–Kier alpha value is -2.45. The summed E-state index contributed by atoms with van der Waals surface area (Å²) in [7, 11) is -2.08. The average molecular weight is 408 g/mol. The second-order valence-corrected chi connectivity index (χ2v) is 8.25. The standard InChI is InChI=1S/C20H25FN2O4S/c1-15-8-9-17(14-16(15)2)28(25,26)22-11-10-20(24)23(3)12-13-27-19-7-5-4-6-18(19)21/h4-9,14,22H,10-13H2,1-3H3. The van der Waals surface area contributed by atoms with Crippen LogP contribution in [0.5, 0.6) is 5.75 Å². The molecule has 1 N–H and O–H groups in total. The summed E-state index contributed by atoms with van der Waals surface area (Å²) >= 11 is 0. The zero-order chi connectivity index (χ0) is 20.7. The number of rotatable bonds is 9. The Bertz CT molecular complexity index is 932. The summed E-state index contributed by atoms with van der Waals surface area (Å²) in [5, 5.41) is 0. The topological polar surface area (TPSA) is 75.7 Å². The van der Waals surface area contributed by atoms with Crippen molar-refractivity contribution in [1.29, 1.82) is 0 Å². The van der Waals surface area contributed by atoms with E-state index >= 15 is 0 Å². The molecule has 0 bridgehead atoms. The number of likely N-dealkylation sites (N-methyl/N-ethyl adjacent to an activating group) is 1. The fraction of sp³-hybridized carbons (Fsp3) is 0.350. The second-order valence-electron chi connectivity index (χ2n) is 6.49. The first-order chi connectivity index (χ1) is 13.2. The first-order valence-corrected chi connectivity index (χ1v) is 10.4. The third-order valence-corrected chi connectivity index (χ3v) is 5.82. The highest BCUT2D eigenvalue weighted by molar-refractivity contribution is 7.89. The van der Waals surface area contributed by atoms with E-state index in [1.54, 1.807) is 37.4 Å². The summed E-state index contributed by atoms with van der Waals surface area (Å²) in [5.74, 6) is -0.568. The molecule has 6 nitrogen and oxygen atoms in total. The zero-order valence-electron chi connectivity index (χ0n) is 16.2. The maximum absolute atomic E-state index is 13.5. The largest absolute Gasteiger partial charge is 0.489 e. The summed E-state index contributed by atoms with van der Waals surface area (Å²) in [6.07, 6.45) is 0.0142. The highest BCUT2D eigenvalue weighted by Crippen LogP contribution is 2.15. The van der Waals surface area contributed by atoms with Gasteiger partial charge < -0.3 is 9.64 Å². The quantitative estimate of drug-likeness (QED) is 0.692. The van der Waals surface area contributed by atoms with E-state index in [9.17, 15) is 17.6 Å². The Balaban J connectivity index is 1.77. The molecule has 152 valence electrons. The first kappa shape index (κ1) is 21.8. The number of ether oxygens (including phenoxy) is 1. The molecule has 28 heavy (non-hydrogen) atoms. The molecule has 0 radical (unpaired) electrons. The number of carbonyl (C=O) groups excluding carboxylic acids is 1. The number of hydrogen-bond acceptors (Lipinski definition) is 4. The van der Waals surface area contributed by atoms with Gasteiger partial charge in [-0.25, -0.2) is 17.5 Å². The Kier molecular flexibility index (Phi) is 7.53. The predicted molar refractivity (Wildman–Crippen MR) is 105 cm³/mol. The van der Waals surface area contributed by atoms with Gasteiger partial charge in [0, 0.05) is 20.0 Å². The van der Waals surface area contributed by atoms with Crippen molar-refractivity contribution in [2.24, 2.45) is 0 Å². The molecule has 0 unspecified atom stereocenters. The maximum Gasteiger partial charge on any atom is 0.240 e. The lowest BCUT2D eigenvalue weighted by atomic mass is 10.1. The van der Waals surface area contributed by atoms with E-state index in [0.29, 0.717) is 0 Å². The van der Waals surface area contributed by atoms with Gasteiger partial charge in [0.05, 0.1) is 11.4 Å². The van der Waals surface area contributed by atoms with E-state index in [1.165, 1.54) is 17.0 Å². The SMILES string of the molecule is Cc1ccc(S(=O)(=O)NCCC(=O)N(C)CCOc2ccccc2F)cc1C. The van der Waals surface area contributed by atoms with Crippen molar-refractivity contribution in [3.63, 3.8) is 0 Å². The van der Waals surface area contributed by atoms with E-state index in [1.807, 2.05) is 13.8 Å². The predicted octanol–water partition coefficient (Wildman–Crippen LogP) is 2.65. The van der Waals surface area contributed by atoms with Crippen LogP contribution in [-0.4, -0.2) is 46.0 Å². The molecule has 0 saturated heterocycles. The monoisotopic (exact) mass is 408 g/mol. The summed E-state index contributed by atoms with van der Waals surface area (Å²) in [6.45, 7) is 4.14. The molecule has 8 heteroatoms. The Morgan fingerprint density at radius 2 is 1.86 bits per heavy atom. The van der Waals surface area contributed by atoms with Gasteiger partial charge in [0.1, 0.15) is 6.61 Å². The van der Waals surface area contributed by atoms with Crippen LogP contribution < -0.4 is 9.46 Å². The van der Waals surface area contributed by atoms with Crippen LogP contribution in [0, 0.1) is 19.7 Å². The molecule has 2 rings (SSSR count). The second kappa shape index (κ2) is 9.66. The minimum Gasteiger partial charge on any atom is -0.489 e. The van der Waals surface area contributed by atoms with Crippen LogP contribution in [0.25, 0.3) is 0 Å². The normalized spacial score (nSPS) is 11.3. The molecule has 0 fully saturated rings. The van der Waals surface area contributed by atoms with Gasteiger partial charge in [0.2, 0.25) is 15.9 Å². The Morgan fingerprint density at radius 3 is 2.54 bits per heavy atom. The molecule has 0 saturated carbocycles. The first-order valence-electron chi connectivity index (χ1n) is 8.89. The number of halogens is 1. The molecular formula is C20H25FN2O4S. The van der Waals surface area contributed by atoms with Crippen LogP contribution in [-0.2, 0) is 14.8 Å². The lowest BCUT2D eigenvalue weighted by Crippen LogP contribution is -2.34. The van der Waals surface area contributed by atoms with E-state index in [2.05, 4.69) is 4.72 Å². The van der Waals surface area contributed by atoms with Crippen LogP contribution in [0.15, 0.2) is 47.4 Å². The molecule has 0 heterocycles. The van der Waals surface area contributed by atoms with Crippen LogP contribution >= 0.6 is 0 Å². The molecule has 0 aliphatic rings. The molecule has 0 aliphatic carbocycles. The van der Waals surface area contributed by atoms with E-state index in [-0.39, 0.29) is 42.7 Å². The van der Waals surface area contributed by atoms with Gasteiger partial charge in [0.25, 0.3) is 0 Å². The molecule has 1 amide bonds. The average Bonchev–Trinajstić information content (AvgIpc) is 2.65. The number of nitrogens with zero attached hydrogens (tertiary/aromatic N) is 1. The van der Waals surface area contributed by atoms with Gasteiger partial charge in [-0.1, -0.05) is 18.2 Å². The van der Waals surface area contributed by atoms with Crippen molar-refractivity contribution in [3.05, 3.63) is 59.4 Å². The van der Waals surface area contributed by atoms with Crippen molar-refractivity contribution < 1.29 is 22.3 Å². The van der Waals surface area contributed by atoms with E-state index < -0.39 is 15.8 Å². The Morgan fingerprint density at radius 1 is 1.14 bits per heavy atom. The highest BCUT2D eigenvalue weighted by Gasteiger charge is 2.16. The Labute approximate surface area is 165 Å². The summed E-state index contributed by atoms with van der Waals surface area (Å²) in [6, 6.07) is 10.9. The van der Waals surface area contributed by atoms with E-state index in [4.69, 9.17) is 4.74 Å². The number of para-hydroxylation sites is 1. The maximum atomic E-state index is 13.5. The van der Waals surface area contributed by atoms with Gasteiger partial charge in [-0.3, -0.25) is 4.79 Å². The molecule has 2 aromatic carbocycles. The number of nitrogens with one attached hydrogen (secondary N) is 1. The van der Waals surface area contributed by atoms with Crippen molar-refractivity contribution in [3.8, 4) is 5.75 Å². The number of carbonyl (C=O) groups is 1. The van der Waals surface area contributed by atoms with Gasteiger partial charge in [-0.15, -0.1) is 0 Å². The van der Waals surface area contributed by atoms with Crippen molar-refractivity contribution >= 4 is 15.9 Å². The third-order valence-electron chi connectivity index (χ3n) is 4.37. The van der Waals surface area contributed by atoms with Crippen LogP contribution in [0.1, 0.15) is 17.5 Å². The molecular weight excluding hydrogens is 383 g/mol. The number of amides is 1. The number of hydrogen-bond donors (Lipinski definition) is 1. The van der Waals surface area contributed by atoms with Crippen molar-refractivity contribution in [1.82, 2.24) is 9.62 Å². The van der Waals surface area contributed by atoms with Crippen molar-refractivity contribution in [2.45, 2.75) is 25.2 Å². The minimum absolute atomic E-state index is 0.00734. The lowest BCUT2D eigenvalue weighted by Gasteiger charge is -2.18. The van der Waals surface area contributed by atoms with Gasteiger partial charge in [-0.2, -0.15) is 0 Å². The molecule has 0 spiro atoms. The molecule has 0 atom stereocenters. The zero-order valence-corrected chi connectivity index (χ0v) is 17.1. The third kappa shape index (κ3) is 6.03. The molecule has 2 aromatic rings. The number of benzene rings is 2. The minimum atomic E-state index is -3.67. The van der Waals surface area contributed by atoms with Crippen LogP contribution in [0.4, 0.5) is 4.39 Å². The van der Waals surface area contributed by atoms with Crippen LogP contribution in [0.2, 0.25) is 0 Å². The fourth-order valence-corrected chi connectivity index (χ4v) is 3.54. The highest BCUT2D eigenvalue weighted by atomic mass is 32.2. The summed E-state index contributed by atoms with van der Waals surface area (Å²) < 4.78 is 45.9. The van der Waals surface area contributed by atoms with Crippen molar-refractivity contribution in [2.75, 3.05) is 26.7 Å². The fourth-order valence-electron chi connectivity index (χ4n) is 2.43. The molecule has 0 aromatic heterocycles. The smallest absolute Gasteiger partial charge is 0.240 e.